The maximum absolute atomic E-state index is 12.4. The van der Waals surface area contributed by atoms with Gasteiger partial charge in [0.25, 0.3) is 10.0 Å². The van der Waals surface area contributed by atoms with Crippen LogP contribution in [0.15, 0.2) is 47.4 Å². The number of sulfonamides is 1. The van der Waals surface area contributed by atoms with Crippen molar-refractivity contribution in [3.05, 3.63) is 53.6 Å². The van der Waals surface area contributed by atoms with Gasteiger partial charge in [0.2, 0.25) is 5.91 Å². The fourth-order valence-electron chi connectivity index (χ4n) is 2.35. The van der Waals surface area contributed by atoms with E-state index in [1.54, 1.807) is 36.4 Å². The van der Waals surface area contributed by atoms with Crippen LogP contribution in [0.2, 0.25) is 0 Å². The first kappa shape index (κ1) is 14.6. The molecule has 0 saturated carbocycles. The van der Waals surface area contributed by atoms with Gasteiger partial charge in [0.15, 0.2) is 0 Å². The third-order valence-electron chi connectivity index (χ3n) is 3.43. The van der Waals surface area contributed by atoms with Crippen molar-refractivity contribution in [2.75, 3.05) is 10.0 Å². The van der Waals surface area contributed by atoms with E-state index in [2.05, 4.69) is 10.0 Å². The zero-order valence-corrected chi connectivity index (χ0v) is 12.5. The lowest BCUT2D eigenvalue weighted by molar-refractivity contribution is -0.115. The molecule has 4 N–H and O–H groups in total. The normalized spacial score (nSPS) is 13.6. The molecule has 1 amide bonds. The molecule has 1 aliphatic rings. The van der Waals surface area contributed by atoms with E-state index in [1.165, 1.54) is 6.07 Å². The molecule has 7 heteroatoms. The van der Waals surface area contributed by atoms with Gasteiger partial charge in [-0.25, -0.2) is 8.42 Å². The van der Waals surface area contributed by atoms with Gasteiger partial charge in [0.05, 0.1) is 11.3 Å². The zero-order valence-electron chi connectivity index (χ0n) is 11.7. The van der Waals surface area contributed by atoms with E-state index in [4.69, 9.17) is 5.73 Å². The van der Waals surface area contributed by atoms with E-state index in [0.29, 0.717) is 5.69 Å². The largest absolute Gasteiger partial charge is 0.326 e. The molecule has 3 rings (SSSR count). The van der Waals surface area contributed by atoms with Crippen LogP contribution in [0.5, 0.6) is 0 Å². The van der Waals surface area contributed by atoms with Crippen LogP contribution in [-0.4, -0.2) is 14.3 Å². The standard InChI is InChI=1S/C15H15N3O3S/c16-9-10-2-1-3-13(6-10)22(20,21)18-12-4-5-14-11(7-12)8-15(19)17-14/h1-7,18H,8-9,16H2,(H,17,19). The number of anilines is 2. The van der Waals surface area contributed by atoms with Crippen molar-refractivity contribution in [1.82, 2.24) is 0 Å². The Bertz CT molecular complexity index is 847. The summed E-state index contributed by atoms with van der Waals surface area (Å²) in [4.78, 5) is 11.5. The monoisotopic (exact) mass is 317 g/mol. The Hall–Kier alpha value is -2.38. The Morgan fingerprint density at radius 3 is 2.77 bits per heavy atom. The minimum absolute atomic E-state index is 0.0920. The number of hydrogen-bond donors (Lipinski definition) is 3. The molecule has 1 aliphatic heterocycles. The number of amides is 1. The van der Waals surface area contributed by atoms with E-state index in [9.17, 15) is 13.2 Å². The van der Waals surface area contributed by atoms with Crippen molar-refractivity contribution >= 4 is 27.3 Å². The van der Waals surface area contributed by atoms with Gasteiger partial charge in [-0.15, -0.1) is 0 Å². The van der Waals surface area contributed by atoms with Gasteiger partial charge >= 0.3 is 0 Å². The summed E-state index contributed by atoms with van der Waals surface area (Å²) < 4.78 is 27.3. The van der Waals surface area contributed by atoms with E-state index in [0.717, 1.165) is 16.8 Å². The van der Waals surface area contributed by atoms with Crippen LogP contribution in [0.3, 0.4) is 0 Å². The Balaban J connectivity index is 1.88. The Kier molecular flexibility index (Phi) is 3.59. The lowest BCUT2D eigenvalue weighted by Gasteiger charge is -2.10. The molecule has 1 heterocycles. The van der Waals surface area contributed by atoms with Crippen molar-refractivity contribution < 1.29 is 13.2 Å². The smallest absolute Gasteiger partial charge is 0.261 e. The summed E-state index contributed by atoms with van der Waals surface area (Å²) in [6.07, 6.45) is 0.257. The summed E-state index contributed by atoms with van der Waals surface area (Å²) >= 11 is 0. The third-order valence-corrected chi connectivity index (χ3v) is 4.81. The first-order chi connectivity index (χ1) is 10.5. The van der Waals surface area contributed by atoms with Crippen LogP contribution in [0, 0.1) is 0 Å². The topological polar surface area (TPSA) is 101 Å². The molecule has 0 atom stereocenters. The van der Waals surface area contributed by atoms with E-state index in [-0.39, 0.29) is 23.8 Å². The molecule has 114 valence electrons. The first-order valence-electron chi connectivity index (χ1n) is 6.72. The second-order valence-electron chi connectivity index (χ2n) is 5.05. The van der Waals surface area contributed by atoms with Gasteiger partial charge in [-0.1, -0.05) is 12.1 Å². The summed E-state index contributed by atoms with van der Waals surface area (Å²) in [6, 6.07) is 11.5. The van der Waals surface area contributed by atoms with Crippen molar-refractivity contribution in [3.8, 4) is 0 Å². The summed E-state index contributed by atoms with van der Waals surface area (Å²) in [6.45, 7) is 0.274. The summed E-state index contributed by atoms with van der Waals surface area (Å²) in [5.74, 6) is -0.0920. The maximum atomic E-state index is 12.4. The number of hydrogen-bond acceptors (Lipinski definition) is 4. The predicted molar refractivity (Wildman–Crippen MR) is 83.9 cm³/mol. The van der Waals surface area contributed by atoms with Gasteiger partial charge in [-0.2, -0.15) is 0 Å². The van der Waals surface area contributed by atoms with E-state index < -0.39 is 10.0 Å². The SMILES string of the molecule is NCc1cccc(S(=O)(=O)Nc2ccc3c(c2)CC(=O)N3)c1. The highest BCUT2D eigenvalue weighted by molar-refractivity contribution is 7.92. The number of nitrogens with two attached hydrogens (primary N) is 1. The minimum atomic E-state index is -3.69. The predicted octanol–water partition coefficient (Wildman–Crippen LogP) is 1.44. The molecule has 0 bridgehead atoms. The molecule has 0 spiro atoms. The zero-order chi connectivity index (χ0) is 15.7. The molecule has 6 nitrogen and oxygen atoms in total. The minimum Gasteiger partial charge on any atom is -0.326 e. The van der Waals surface area contributed by atoms with E-state index in [1.807, 2.05) is 0 Å². The van der Waals surface area contributed by atoms with Gasteiger partial charge < -0.3 is 11.1 Å². The number of benzene rings is 2. The summed E-state index contributed by atoms with van der Waals surface area (Å²) in [5, 5.41) is 2.70. The molecular formula is C15H15N3O3S. The van der Waals surface area contributed by atoms with Crippen LogP contribution in [-0.2, 0) is 27.8 Å². The summed E-state index contributed by atoms with van der Waals surface area (Å²) in [5.41, 5.74) is 8.20. The molecule has 2 aromatic rings. The molecule has 2 aromatic carbocycles. The molecular weight excluding hydrogens is 302 g/mol. The highest BCUT2D eigenvalue weighted by Crippen LogP contribution is 2.27. The Morgan fingerprint density at radius 1 is 1.18 bits per heavy atom. The lowest BCUT2D eigenvalue weighted by Crippen LogP contribution is -2.13. The fourth-order valence-corrected chi connectivity index (χ4v) is 3.47. The Labute approximate surface area is 128 Å². The number of fused-ring (bicyclic) bond motifs is 1. The molecule has 22 heavy (non-hydrogen) atoms. The lowest BCUT2D eigenvalue weighted by atomic mass is 10.1. The van der Waals surface area contributed by atoms with Gasteiger partial charge in [-0.05, 0) is 41.5 Å². The highest BCUT2D eigenvalue weighted by Gasteiger charge is 2.19. The number of carbonyl (C=O) groups is 1. The maximum Gasteiger partial charge on any atom is 0.261 e. The molecule has 0 unspecified atom stereocenters. The number of rotatable bonds is 4. The molecule has 0 saturated heterocycles. The van der Waals surface area contributed by atoms with Crippen LogP contribution >= 0.6 is 0 Å². The fraction of sp³-hybridized carbons (Fsp3) is 0.133. The van der Waals surface area contributed by atoms with Gasteiger partial charge in [-0.3, -0.25) is 9.52 Å². The quantitative estimate of drug-likeness (QED) is 0.794. The molecule has 0 fully saturated rings. The first-order valence-corrected chi connectivity index (χ1v) is 8.21. The number of carbonyl (C=O) groups excluding carboxylic acids is 1. The molecule has 0 aromatic heterocycles. The van der Waals surface area contributed by atoms with Crippen LogP contribution in [0.1, 0.15) is 11.1 Å². The second-order valence-corrected chi connectivity index (χ2v) is 6.74. The summed E-state index contributed by atoms with van der Waals surface area (Å²) in [7, 11) is -3.69. The third kappa shape index (κ3) is 2.81. The van der Waals surface area contributed by atoms with Crippen molar-refractivity contribution in [2.24, 2.45) is 5.73 Å². The van der Waals surface area contributed by atoms with Gasteiger partial charge in [0, 0.05) is 17.9 Å². The van der Waals surface area contributed by atoms with Crippen molar-refractivity contribution in [1.29, 1.82) is 0 Å². The molecule has 0 radical (unpaired) electrons. The molecule has 0 aliphatic carbocycles. The van der Waals surface area contributed by atoms with Crippen molar-refractivity contribution in [3.63, 3.8) is 0 Å². The highest BCUT2D eigenvalue weighted by atomic mass is 32.2. The van der Waals surface area contributed by atoms with Crippen LogP contribution < -0.4 is 15.8 Å². The average Bonchev–Trinajstić information content (AvgIpc) is 2.86. The Morgan fingerprint density at radius 2 is 2.00 bits per heavy atom. The van der Waals surface area contributed by atoms with Gasteiger partial charge in [0.1, 0.15) is 0 Å². The second kappa shape index (κ2) is 5.43. The number of nitrogens with one attached hydrogen (secondary N) is 2. The van der Waals surface area contributed by atoms with Crippen LogP contribution in [0.4, 0.5) is 11.4 Å². The average molecular weight is 317 g/mol. The van der Waals surface area contributed by atoms with Crippen molar-refractivity contribution in [2.45, 2.75) is 17.9 Å². The van der Waals surface area contributed by atoms with Crippen LogP contribution in [0.25, 0.3) is 0 Å². The van der Waals surface area contributed by atoms with E-state index >= 15 is 0 Å².